The largest absolute Gasteiger partial charge is 0.466 e. The van der Waals surface area contributed by atoms with Gasteiger partial charge in [0.1, 0.15) is 0 Å². The molecule has 0 saturated heterocycles. The predicted molar refractivity (Wildman–Crippen MR) is 99.2 cm³/mol. The molecule has 132 valence electrons. The van der Waals surface area contributed by atoms with Crippen LogP contribution in [0.25, 0.3) is 0 Å². The van der Waals surface area contributed by atoms with Crippen molar-refractivity contribution in [1.29, 1.82) is 5.26 Å². The minimum atomic E-state index is -0.472. The number of ether oxygens (including phenoxy) is 1. The molecule has 2 unspecified atom stereocenters. The van der Waals surface area contributed by atoms with Crippen LogP contribution in [-0.2, 0) is 9.53 Å². The molecule has 0 spiro atoms. The minimum absolute atomic E-state index is 0.00874. The van der Waals surface area contributed by atoms with Crippen molar-refractivity contribution in [2.45, 2.75) is 47.0 Å². The summed E-state index contributed by atoms with van der Waals surface area (Å²) in [4.78, 5) is 17.1. The van der Waals surface area contributed by atoms with Gasteiger partial charge in [-0.2, -0.15) is 5.26 Å². The third-order valence-corrected chi connectivity index (χ3v) is 4.40. The Balaban J connectivity index is 2.63. The highest BCUT2D eigenvalue weighted by Gasteiger charge is 2.39. The molecule has 4 nitrogen and oxygen atoms in total. The lowest BCUT2D eigenvalue weighted by Gasteiger charge is -2.32. The van der Waals surface area contributed by atoms with Crippen LogP contribution in [0.4, 0.5) is 0 Å². The van der Waals surface area contributed by atoms with Crippen LogP contribution in [0.5, 0.6) is 0 Å². The smallest absolute Gasteiger partial charge is 0.336 e. The second-order valence-electron chi connectivity index (χ2n) is 7.83. The normalized spacial score (nSPS) is 20.8. The van der Waals surface area contributed by atoms with E-state index in [2.05, 4.69) is 31.8 Å². The topological polar surface area (TPSA) is 62.4 Å². The van der Waals surface area contributed by atoms with Crippen LogP contribution in [0.1, 0.15) is 51.2 Å². The Labute approximate surface area is 150 Å². The lowest BCUT2D eigenvalue weighted by Crippen LogP contribution is -2.32. The van der Waals surface area contributed by atoms with Gasteiger partial charge in [-0.3, -0.25) is 4.99 Å². The second kappa shape index (κ2) is 7.23. The molecule has 2 atom stereocenters. The SMILES string of the molecule is COC(=O)C1=C(C)N=C(CC(C)(C)C)C(C#N)C1c1ccc(C)cc1. The Hall–Kier alpha value is -2.41. The summed E-state index contributed by atoms with van der Waals surface area (Å²) >= 11 is 0. The van der Waals surface area contributed by atoms with E-state index in [1.165, 1.54) is 7.11 Å². The van der Waals surface area contributed by atoms with Crippen molar-refractivity contribution in [3.8, 4) is 6.07 Å². The number of hydrogen-bond acceptors (Lipinski definition) is 4. The zero-order valence-corrected chi connectivity index (χ0v) is 15.9. The number of rotatable bonds is 3. The highest BCUT2D eigenvalue weighted by Crippen LogP contribution is 2.41. The van der Waals surface area contributed by atoms with Crippen LogP contribution in [0, 0.1) is 29.6 Å². The van der Waals surface area contributed by atoms with Gasteiger partial charge in [-0.1, -0.05) is 50.6 Å². The highest BCUT2D eigenvalue weighted by molar-refractivity contribution is 5.99. The summed E-state index contributed by atoms with van der Waals surface area (Å²) in [5, 5.41) is 9.90. The fraction of sp³-hybridized carbons (Fsp3) is 0.476. The monoisotopic (exact) mass is 338 g/mol. The quantitative estimate of drug-likeness (QED) is 0.759. The molecule has 0 radical (unpaired) electrons. The molecule has 0 amide bonds. The number of carbonyl (C=O) groups is 1. The Bertz CT molecular complexity index is 759. The van der Waals surface area contributed by atoms with Gasteiger partial charge < -0.3 is 4.74 Å². The highest BCUT2D eigenvalue weighted by atomic mass is 16.5. The van der Waals surface area contributed by atoms with Gasteiger partial charge in [0.15, 0.2) is 0 Å². The van der Waals surface area contributed by atoms with E-state index in [4.69, 9.17) is 4.74 Å². The Morgan fingerprint density at radius 3 is 2.32 bits per heavy atom. The average Bonchev–Trinajstić information content (AvgIpc) is 2.53. The molecule has 0 saturated carbocycles. The summed E-state index contributed by atoms with van der Waals surface area (Å²) < 4.78 is 4.99. The fourth-order valence-electron chi connectivity index (χ4n) is 3.29. The maximum atomic E-state index is 12.4. The van der Waals surface area contributed by atoms with Gasteiger partial charge in [-0.15, -0.1) is 0 Å². The summed E-state index contributed by atoms with van der Waals surface area (Å²) in [5.41, 5.74) is 4.05. The molecule has 1 aliphatic heterocycles. The van der Waals surface area contributed by atoms with Gasteiger partial charge in [0, 0.05) is 17.3 Å². The number of hydrogen-bond donors (Lipinski definition) is 0. The van der Waals surface area contributed by atoms with E-state index < -0.39 is 11.9 Å². The Morgan fingerprint density at radius 1 is 1.24 bits per heavy atom. The molecule has 1 aromatic carbocycles. The summed E-state index contributed by atoms with van der Waals surface area (Å²) in [6.07, 6.45) is 0.708. The summed E-state index contributed by atoms with van der Waals surface area (Å²) in [7, 11) is 1.37. The van der Waals surface area contributed by atoms with Crippen LogP contribution in [0.2, 0.25) is 0 Å². The van der Waals surface area contributed by atoms with Crippen molar-refractivity contribution < 1.29 is 9.53 Å². The van der Waals surface area contributed by atoms with Crippen molar-refractivity contribution in [1.82, 2.24) is 0 Å². The zero-order valence-electron chi connectivity index (χ0n) is 15.9. The van der Waals surface area contributed by atoms with Crippen molar-refractivity contribution in [3.63, 3.8) is 0 Å². The number of aryl methyl sites for hydroxylation is 1. The number of carbonyl (C=O) groups excluding carboxylic acids is 1. The molecule has 0 bridgehead atoms. The van der Waals surface area contributed by atoms with Crippen molar-refractivity contribution in [2.24, 2.45) is 16.3 Å². The van der Waals surface area contributed by atoms with Crippen LogP contribution >= 0.6 is 0 Å². The molecule has 1 aromatic rings. The number of methoxy groups -OCH3 is 1. The molecular weight excluding hydrogens is 312 g/mol. The van der Waals surface area contributed by atoms with Gasteiger partial charge in [0.2, 0.25) is 0 Å². The molecule has 0 aromatic heterocycles. The number of allylic oxidation sites excluding steroid dienone is 1. The third kappa shape index (κ3) is 4.17. The molecule has 0 fully saturated rings. The fourth-order valence-corrected chi connectivity index (χ4v) is 3.29. The van der Waals surface area contributed by atoms with E-state index in [0.29, 0.717) is 17.7 Å². The average molecular weight is 338 g/mol. The van der Waals surface area contributed by atoms with Crippen LogP contribution < -0.4 is 0 Å². The maximum absolute atomic E-state index is 12.4. The molecule has 4 heteroatoms. The zero-order chi connectivity index (χ0) is 18.8. The number of esters is 1. The van der Waals surface area contributed by atoms with Crippen LogP contribution in [-0.4, -0.2) is 18.8 Å². The lowest BCUT2D eigenvalue weighted by atomic mass is 9.73. The Morgan fingerprint density at radius 2 is 1.84 bits per heavy atom. The van der Waals surface area contributed by atoms with Gasteiger partial charge in [0.25, 0.3) is 0 Å². The Kier molecular flexibility index (Phi) is 5.47. The van der Waals surface area contributed by atoms with E-state index in [0.717, 1.165) is 16.8 Å². The lowest BCUT2D eigenvalue weighted by molar-refractivity contribution is -0.136. The van der Waals surface area contributed by atoms with Crippen LogP contribution in [0.15, 0.2) is 40.5 Å². The summed E-state index contributed by atoms with van der Waals surface area (Å²) in [5.74, 6) is -1.24. The van der Waals surface area contributed by atoms with Crippen LogP contribution in [0.3, 0.4) is 0 Å². The molecule has 2 rings (SSSR count). The number of aliphatic imine (C=N–C) groups is 1. The first-order valence-corrected chi connectivity index (χ1v) is 8.50. The number of benzene rings is 1. The van der Waals surface area contributed by atoms with Gasteiger partial charge >= 0.3 is 5.97 Å². The standard InChI is InChI=1S/C21H26N2O2/c1-13-7-9-15(10-8-13)19-16(12-22)17(11-21(3,4)5)23-14(2)18(19)20(24)25-6/h7-10,16,19H,11H2,1-6H3. The maximum Gasteiger partial charge on any atom is 0.336 e. The molecule has 25 heavy (non-hydrogen) atoms. The van der Waals surface area contributed by atoms with E-state index in [9.17, 15) is 10.1 Å². The second-order valence-corrected chi connectivity index (χ2v) is 7.83. The minimum Gasteiger partial charge on any atom is -0.466 e. The number of nitriles is 1. The third-order valence-electron chi connectivity index (χ3n) is 4.40. The van der Waals surface area contributed by atoms with Gasteiger partial charge in [-0.25, -0.2) is 4.79 Å². The first kappa shape index (κ1) is 18.9. The van der Waals surface area contributed by atoms with Crippen molar-refractivity contribution in [3.05, 3.63) is 46.7 Å². The molecule has 1 aliphatic rings. The van der Waals surface area contributed by atoms with Crippen molar-refractivity contribution >= 4 is 11.7 Å². The van der Waals surface area contributed by atoms with E-state index in [1.54, 1.807) is 0 Å². The summed E-state index contributed by atoms with van der Waals surface area (Å²) in [6, 6.07) is 10.4. The summed E-state index contributed by atoms with van der Waals surface area (Å²) in [6.45, 7) is 10.2. The van der Waals surface area contributed by atoms with Gasteiger partial charge in [0.05, 0.1) is 24.7 Å². The first-order valence-electron chi connectivity index (χ1n) is 8.50. The first-order chi connectivity index (χ1) is 11.7. The predicted octanol–water partition coefficient (Wildman–Crippen LogP) is 4.56. The molecular formula is C21H26N2O2. The molecule has 1 heterocycles. The van der Waals surface area contributed by atoms with E-state index in [1.807, 2.05) is 38.1 Å². The van der Waals surface area contributed by atoms with Gasteiger partial charge in [-0.05, 0) is 31.2 Å². The molecule has 0 aliphatic carbocycles. The van der Waals surface area contributed by atoms with Crippen molar-refractivity contribution in [2.75, 3.05) is 7.11 Å². The van der Waals surface area contributed by atoms with E-state index >= 15 is 0 Å². The number of nitrogens with zero attached hydrogens (tertiary/aromatic N) is 2. The van der Waals surface area contributed by atoms with E-state index in [-0.39, 0.29) is 11.3 Å². The molecule has 0 N–H and O–H groups in total.